The van der Waals surface area contributed by atoms with E-state index in [1.807, 2.05) is 0 Å². The van der Waals surface area contributed by atoms with E-state index in [1.165, 1.54) is 96.3 Å². The van der Waals surface area contributed by atoms with Crippen LogP contribution in [0.4, 0.5) is 0 Å². The Labute approximate surface area is 234 Å². The standard InChI is InChI=1S/C30H58N2O4.CH4O/c1-28(31-24-18-19-25-32-29(27-34)22-20-26-33)21-16-14-12-10-8-6-4-2-3-5-7-9-11-13-15-17-23-30(35)36;1-2/h26-29,31-32H,2-25H2,1H3,(H,35,36);2H,1H3. The fraction of sp³-hybridized carbons (Fsp3) is 0.903. The minimum Gasteiger partial charge on any atom is -0.481 e. The maximum atomic E-state index is 10.9. The fourth-order valence-corrected chi connectivity index (χ4v) is 4.66. The molecular weight excluding hydrogens is 480 g/mol. The molecule has 0 radical (unpaired) electrons. The van der Waals surface area contributed by atoms with E-state index in [0.717, 1.165) is 58.5 Å². The Morgan fingerprint density at radius 3 is 1.47 bits per heavy atom. The van der Waals surface area contributed by atoms with Crippen LogP contribution < -0.4 is 10.6 Å². The van der Waals surface area contributed by atoms with E-state index in [9.17, 15) is 14.4 Å². The summed E-state index contributed by atoms with van der Waals surface area (Å²) in [5.41, 5.74) is 0. The molecular formula is C31H62N2O5. The summed E-state index contributed by atoms with van der Waals surface area (Å²) in [7, 11) is 1.00. The number of aliphatic hydroxyl groups excluding tert-OH is 1. The predicted octanol–water partition coefficient (Wildman–Crippen LogP) is 6.60. The second-order valence-electron chi connectivity index (χ2n) is 10.6. The Kier molecular flexibility index (Phi) is 34.5. The number of carbonyl (C=O) groups excluding carboxylic acids is 2. The Balaban J connectivity index is 0. The van der Waals surface area contributed by atoms with Gasteiger partial charge in [-0.2, -0.15) is 0 Å². The van der Waals surface area contributed by atoms with Gasteiger partial charge in [0.15, 0.2) is 0 Å². The summed E-state index contributed by atoms with van der Waals surface area (Å²) in [6.07, 6.45) is 27.3. The van der Waals surface area contributed by atoms with Gasteiger partial charge in [0.05, 0.1) is 6.04 Å². The van der Waals surface area contributed by atoms with Crippen LogP contribution in [0.5, 0.6) is 0 Å². The summed E-state index contributed by atoms with van der Waals surface area (Å²) in [6, 6.07) is 0.392. The van der Waals surface area contributed by atoms with Crippen molar-refractivity contribution in [1.29, 1.82) is 0 Å². The van der Waals surface area contributed by atoms with Gasteiger partial charge in [-0.15, -0.1) is 0 Å². The Morgan fingerprint density at radius 1 is 0.632 bits per heavy atom. The highest BCUT2D eigenvalue weighted by Gasteiger charge is 2.05. The normalized spacial score (nSPS) is 12.4. The number of rotatable bonds is 30. The van der Waals surface area contributed by atoms with E-state index in [2.05, 4.69) is 17.6 Å². The van der Waals surface area contributed by atoms with Gasteiger partial charge in [-0.3, -0.25) is 4.79 Å². The molecule has 2 unspecified atom stereocenters. The minimum atomic E-state index is -0.665. The van der Waals surface area contributed by atoms with Crippen molar-refractivity contribution in [3.8, 4) is 0 Å². The van der Waals surface area contributed by atoms with Crippen molar-refractivity contribution >= 4 is 18.5 Å². The molecule has 0 aliphatic carbocycles. The Bertz CT molecular complexity index is 505. The molecule has 0 heterocycles. The van der Waals surface area contributed by atoms with Crippen LogP contribution in [-0.2, 0) is 14.4 Å². The average molecular weight is 543 g/mol. The van der Waals surface area contributed by atoms with Gasteiger partial charge in [-0.25, -0.2) is 0 Å². The van der Waals surface area contributed by atoms with Gasteiger partial charge in [-0.05, 0) is 52.1 Å². The zero-order valence-corrected chi connectivity index (χ0v) is 24.9. The lowest BCUT2D eigenvalue weighted by atomic mass is 10.0. The molecule has 0 amide bonds. The van der Waals surface area contributed by atoms with Crippen molar-refractivity contribution in [3.05, 3.63) is 0 Å². The van der Waals surface area contributed by atoms with Crippen LogP contribution in [0.15, 0.2) is 0 Å². The lowest BCUT2D eigenvalue weighted by Gasteiger charge is -2.14. The number of carboxylic acids is 1. The number of nitrogens with one attached hydrogen (secondary N) is 2. The van der Waals surface area contributed by atoms with Crippen LogP contribution in [0.1, 0.15) is 148 Å². The molecule has 0 aliphatic rings. The monoisotopic (exact) mass is 542 g/mol. The number of aliphatic carboxylic acids is 1. The van der Waals surface area contributed by atoms with Gasteiger partial charge in [0, 0.05) is 26.0 Å². The summed E-state index contributed by atoms with van der Waals surface area (Å²) < 4.78 is 0. The SMILES string of the molecule is CC(CCCCCCCCCCCCCCCCCCC(=O)O)NCCCCNC(C=O)CCC=O.CO. The van der Waals surface area contributed by atoms with E-state index in [0.29, 0.717) is 25.3 Å². The summed E-state index contributed by atoms with van der Waals surface area (Å²) in [4.78, 5) is 31.8. The van der Waals surface area contributed by atoms with Crippen molar-refractivity contribution in [2.75, 3.05) is 20.2 Å². The van der Waals surface area contributed by atoms with Gasteiger partial charge in [0.1, 0.15) is 12.6 Å². The van der Waals surface area contributed by atoms with Crippen LogP contribution in [0.25, 0.3) is 0 Å². The van der Waals surface area contributed by atoms with Gasteiger partial charge >= 0.3 is 5.97 Å². The molecule has 0 rings (SSSR count). The molecule has 2 atom stereocenters. The van der Waals surface area contributed by atoms with Crippen molar-refractivity contribution in [2.45, 2.75) is 160 Å². The van der Waals surface area contributed by atoms with Crippen molar-refractivity contribution in [1.82, 2.24) is 10.6 Å². The number of hydrogen-bond acceptors (Lipinski definition) is 6. The molecule has 38 heavy (non-hydrogen) atoms. The molecule has 0 aromatic heterocycles. The lowest BCUT2D eigenvalue weighted by Crippen LogP contribution is -2.32. The molecule has 0 saturated heterocycles. The summed E-state index contributed by atoms with van der Waals surface area (Å²) >= 11 is 0. The Hall–Kier alpha value is -1.31. The number of hydrogen-bond donors (Lipinski definition) is 4. The summed E-state index contributed by atoms with van der Waals surface area (Å²) in [5, 5.41) is 22.4. The largest absolute Gasteiger partial charge is 0.481 e. The van der Waals surface area contributed by atoms with Crippen molar-refractivity contribution < 1.29 is 24.6 Å². The van der Waals surface area contributed by atoms with Crippen LogP contribution in [0, 0.1) is 0 Å². The highest BCUT2D eigenvalue weighted by Crippen LogP contribution is 2.14. The zero-order valence-electron chi connectivity index (χ0n) is 24.9. The molecule has 226 valence electrons. The molecule has 0 aromatic carbocycles. The molecule has 7 heteroatoms. The average Bonchev–Trinajstić information content (AvgIpc) is 2.92. The van der Waals surface area contributed by atoms with E-state index in [4.69, 9.17) is 10.2 Å². The number of carbonyl (C=O) groups is 3. The van der Waals surface area contributed by atoms with E-state index in [-0.39, 0.29) is 6.04 Å². The van der Waals surface area contributed by atoms with Gasteiger partial charge < -0.3 is 30.4 Å². The zero-order chi connectivity index (χ0) is 28.5. The molecule has 0 aromatic rings. The maximum Gasteiger partial charge on any atom is 0.303 e. The van der Waals surface area contributed by atoms with Crippen LogP contribution in [0.3, 0.4) is 0 Å². The number of carboxylic acid groups (broad SMARTS) is 1. The molecule has 0 spiro atoms. The third-order valence-electron chi connectivity index (χ3n) is 7.04. The van der Waals surface area contributed by atoms with Crippen LogP contribution in [-0.4, -0.2) is 61.0 Å². The second kappa shape index (κ2) is 33.7. The molecule has 0 bridgehead atoms. The first kappa shape index (κ1) is 38.8. The van der Waals surface area contributed by atoms with Crippen LogP contribution in [0.2, 0.25) is 0 Å². The van der Waals surface area contributed by atoms with E-state index in [1.54, 1.807) is 0 Å². The van der Waals surface area contributed by atoms with E-state index < -0.39 is 5.97 Å². The summed E-state index contributed by atoms with van der Waals surface area (Å²) in [5.74, 6) is -0.665. The topological polar surface area (TPSA) is 116 Å². The second-order valence-corrected chi connectivity index (χ2v) is 10.6. The molecule has 7 nitrogen and oxygen atoms in total. The van der Waals surface area contributed by atoms with E-state index >= 15 is 0 Å². The number of aliphatic hydroxyl groups is 1. The first-order valence-corrected chi connectivity index (χ1v) is 15.6. The molecule has 0 saturated carbocycles. The minimum absolute atomic E-state index is 0.182. The summed E-state index contributed by atoms with van der Waals surface area (Å²) in [6.45, 7) is 4.14. The third-order valence-corrected chi connectivity index (χ3v) is 7.04. The first-order chi connectivity index (χ1) is 18.6. The number of unbranched alkanes of at least 4 members (excludes halogenated alkanes) is 16. The highest BCUT2D eigenvalue weighted by molar-refractivity contribution is 5.66. The predicted molar refractivity (Wildman–Crippen MR) is 159 cm³/mol. The molecule has 0 fully saturated rings. The van der Waals surface area contributed by atoms with Crippen LogP contribution >= 0.6 is 0 Å². The number of aldehydes is 2. The molecule has 0 aliphatic heterocycles. The highest BCUT2D eigenvalue weighted by atomic mass is 16.4. The van der Waals surface area contributed by atoms with Crippen molar-refractivity contribution in [3.63, 3.8) is 0 Å². The third kappa shape index (κ3) is 32.7. The van der Waals surface area contributed by atoms with Gasteiger partial charge in [-0.1, -0.05) is 96.3 Å². The molecule has 4 N–H and O–H groups in total. The van der Waals surface area contributed by atoms with Crippen molar-refractivity contribution in [2.24, 2.45) is 0 Å². The van der Waals surface area contributed by atoms with Gasteiger partial charge in [0.2, 0.25) is 0 Å². The quantitative estimate of drug-likeness (QED) is 0.0597. The lowest BCUT2D eigenvalue weighted by molar-refractivity contribution is -0.137. The smallest absolute Gasteiger partial charge is 0.303 e. The Morgan fingerprint density at radius 2 is 1.05 bits per heavy atom. The fourth-order valence-electron chi connectivity index (χ4n) is 4.66. The first-order valence-electron chi connectivity index (χ1n) is 15.6. The van der Waals surface area contributed by atoms with Gasteiger partial charge in [0.25, 0.3) is 0 Å². The maximum absolute atomic E-state index is 10.9.